The summed E-state index contributed by atoms with van der Waals surface area (Å²) in [7, 11) is 0. The van der Waals surface area contributed by atoms with Gasteiger partial charge >= 0.3 is 0 Å². The Balaban J connectivity index is 2.72. The summed E-state index contributed by atoms with van der Waals surface area (Å²) in [5.74, 6) is 0.785. The SMILES string of the molecule is S=CNc1ccccn1. The molecule has 0 aliphatic rings. The predicted octanol–water partition coefficient (Wildman–Crippen LogP) is 1.45. The average molecular weight is 138 g/mol. The van der Waals surface area contributed by atoms with Crippen LogP contribution in [0.4, 0.5) is 5.82 Å². The molecule has 0 aliphatic heterocycles. The van der Waals surface area contributed by atoms with Crippen LogP contribution in [0, 0.1) is 0 Å². The van der Waals surface area contributed by atoms with Gasteiger partial charge in [-0.2, -0.15) is 0 Å². The van der Waals surface area contributed by atoms with Crippen LogP contribution in [0.5, 0.6) is 0 Å². The fourth-order valence-electron chi connectivity index (χ4n) is 0.509. The molecule has 2 nitrogen and oxygen atoms in total. The molecule has 1 heterocycles. The normalized spacial score (nSPS) is 8.44. The topological polar surface area (TPSA) is 24.9 Å². The second-order valence-corrected chi connectivity index (χ2v) is 1.71. The average Bonchev–Trinajstić information content (AvgIpc) is 1.91. The van der Waals surface area contributed by atoms with Crippen molar-refractivity contribution in [1.82, 2.24) is 4.98 Å². The number of thiocarbonyl (C=S) groups is 1. The summed E-state index contributed by atoms with van der Waals surface area (Å²) < 4.78 is 0. The first kappa shape index (κ1) is 6.16. The Hall–Kier alpha value is -0.960. The van der Waals surface area contributed by atoms with Crippen LogP contribution < -0.4 is 5.32 Å². The van der Waals surface area contributed by atoms with Gasteiger partial charge in [-0.15, -0.1) is 0 Å². The molecule has 0 radical (unpaired) electrons. The third kappa shape index (κ3) is 1.77. The lowest BCUT2D eigenvalue weighted by atomic mass is 10.5. The number of hydrogen-bond donors (Lipinski definition) is 1. The van der Waals surface area contributed by atoms with Gasteiger partial charge in [-0.3, -0.25) is 0 Å². The van der Waals surface area contributed by atoms with E-state index in [2.05, 4.69) is 22.5 Å². The first-order valence-electron chi connectivity index (χ1n) is 2.54. The predicted molar refractivity (Wildman–Crippen MR) is 41.5 cm³/mol. The Morgan fingerprint density at radius 1 is 1.56 bits per heavy atom. The lowest BCUT2D eigenvalue weighted by Crippen LogP contribution is -1.92. The van der Waals surface area contributed by atoms with Crippen LogP contribution in [0.25, 0.3) is 0 Å². The lowest BCUT2D eigenvalue weighted by Gasteiger charge is -1.93. The highest BCUT2D eigenvalue weighted by Gasteiger charge is 1.82. The van der Waals surface area contributed by atoms with Crippen LogP contribution in [0.15, 0.2) is 24.4 Å². The third-order valence-corrected chi connectivity index (χ3v) is 0.990. The molecule has 1 aromatic rings. The van der Waals surface area contributed by atoms with Gasteiger partial charge in [0.2, 0.25) is 0 Å². The molecule has 0 unspecified atom stereocenters. The number of hydrogen-bond acceptors (Lipinski definition) is 2. The molecule has 1 aromatic heterocycles. The van der Waals surface area contributed by atoms with Gasteiger partial charge in [-0.05, 0) is 12.1 Å². The van der Waals surface area contributed by atoms with E-state index < -0.39 is 0 Å². The number of anilines is 1. The van der Waals surface area contributed by atoms with Gasteiger partial charge in [0.15, 0.2) is 0 Å². The molecule has 1 rings (SSSR count). The van der Waals surface area contributed by atoms with Crippen molar-refractivity contribution in [3.63, 3.8) is 0 Å². The van der Waals surface area contributed by atoms with E-state index >= 15 is 0 Å². The first-order valence-corrected chi connectivity index (χ1v) is 3.02. The van der Waals surface area contributed by atoms with Crippen LogP contribution >= 0.6 is 12.2 Å². The van der Waals surface area contributed by atoms with Crippen molar-refractivity contribution in [2.75, 3.05) is 5.32 Å². The van der Waals surface area contributed by atoms with Crippen molar-refractivity contribution in [2.45, 2.75) is 0 Å². The van der Waals surface area contributed by atoms with E-state index in [1.807, 2.05) is 18.2 Å². The minimum Gasteiger partial charge on any atom is -0.337 e. The molecule has 0 atom stereocenters. The van der Waals surface area contributed by atoms with Gasteiger partial charge < -0.3 is 5.32 Å². The van der Waals surface area contributed by atoms with Crippen molar-refractivity contribution >= 4 is 23.5 Å². The molecule has 0 bridgehead atoms. The summed E-state index contributed by atoms with van der Waals surface area (Å²) in [5.41, 5.74) is 1.43. The van der Waals surface area contributed by atoms with Gasteiger partial charge in [0, 0.05) is 6.20 Å². The molecule has 3 heteroatoms. The molecule has 1 N–H and O–H groups in total. The molecule has 46 valence electrons. The quantitative estimate of drug-likeness (QED) is 0.626. The fraction of sp³-hybridized carbons (Fsp3) is 0. The van der Waals surface area contributed by atoms with Crippen molar-refractivity contribution in [2.24, 2.45) is 0 Å². The van der Waals surface area contributed by atoms with Gasteiger partial charge in [0.25, 0.3) is 0 Å². The highest BCUT2D eigenvalue weighted by Crippen LogP contribution is 1.96. The van der Waals surface area contributed by atoms with E-state index in [4.69, 9.17) is 0 Å². The van der Waals surface area contributed by atoms with Crippen LogP contribution in [0.1, 0.15) is 0 Å². The van der Waals surface area contributed by atoms with Crippen LogP contribution in [0.2, 0.25) is 0 Å². The van der Waals surface area contributed by atoms with Gasteiger partial charge in [-0.1, -0.05) is 18.3 Å². The van der Waals surface area contributed by atoms with E-state index in [0.717, 1.165) is 5.82 Å². The number of rotatable bonds is 2. The summed E-state index contributed by atoms with van der Waals surface area (Å²) in [6, 6.07) is 5.60. The monoisotopic (exact) mass is 138 g/mol. The molecule has 0 aliphatic carbocycles. The number of nitrogens with zero attached hydrogens (tertiary/aromatic N) is 1. The Morgan fingerprint density at radius 2 is 2.44 bits per heavy atom. The lowest BCUT2D eigenvalue weighted by molar-refractivity contribution is 1.33. The maximum Gasteiger partial charge on any atom is 0.130 e. The van der Waals surface area contributed by atoms with Crippen LogP contribution in [-0.4, -0.2) is 10.5 Å². The molecule has 0 amide bonds. The maximum atomic E-state index is 4.56. The van der Waals surface area contributed by atoms with E-state index in [0.29, 0.717) is 0 Å². The van der Waals surface area contributed by atoms with Crippen molar-refractivity contribution in [1.29, 1.82) is 0 Å². The first-order chi connectivity index (χ1) is 4.43. The standard InChI is InChI=1S/C6H6N2S/c9-5-8-6-3-1-2-4-7-6/h1-5H,(H,7,8,9). The van der Waals surface area contributed by atoms with E-state index in [1.54, 1.807) is 6.20 Å². The highest BCUT2D eigenvalue weighted by molar-refractivity contribution is 7.79. The van der Waals surface area contributed by atoms with Gasteiger partial charge in [0.1, 0.15) is 5.82 Å². The molecular formula is C6H6N2S. The molecule has 0 spiro atoms. The van der Waals surface area contributed by atoms with Gasteiger partial charge in [0.05, 0.1) is 5.49 Å². The Bertz CT molecular complexity index is 186. The van der Waals surface area contributed by atoms with E-state index in [-0.39, 0.29) is 0 Å². The third-order valence-electron chi connectivity index (χ3n) is 0.872. The van der Waals surface area contributed by atoms with Crippen molar-refractivity contribution in [3.05, 3.63) is 24.4 Å². The molecule has 9 heavy (non-hydrogen) atoms. The second-order valence-electron chi connectivity index (χ2n) is 1.48. The number of aromatic nitrogens is 1. The molecule has 0 saturated carbocycles. The van der Waals surface area contributed by atoms with Gasteiger partial charge in [-0.25, -0.2) is 4.98 Å². The van der Waals surface area contributed by atoms with E-state index in [9.17, 15) is 0 Å². The van der Waals surface area contributed by atoms with Crippen LogP contribution in [-0.2, 0) is 0 Å². The second kappa shape index (κ2) is 3.14. The van der Waals surface area contributed by atoms with Crippen molar-refractivity contribution < 1.29 is 0 Å². The smallest absolute Gasteiger partial charge is 0.130 e. The summed E-state index contributed by atoms with van der Waals surface area (Å²) >= 11 is 4.56. The summed E-state index contributed by atoms with van der Waals surface area (Å²) in [6.45, 7) is 0. The van der Waals surface area contributed by atoms with Crippen molar-refractivity contribution in [3.8, 4) is 0 Å². The number of nitrogens with one attached hydrogen (secondary N) is 1. The fourth-order valence-corrected chi connectivity index (χ4v) is 0.629. The van der Waals surface area contributed by atoms with Crippen LogP contribution in [0.3, 0.4) is 0 Å². The zero-order valence-corrected chi connectivity index (χ0v) is 5.56. The highest BCUT2D eigenvalue weighted by atomic mass is 32.1. The summed E-state index contributed by atoms with van der Waals surface area (Å²) in [5, 5.41) is 2.79. The zero-order valence-electron chi connectivity index (χ0n) is 4.74. The van der Waals surface area contributed by atoms with E-state index in [1.165, 1.54) is 5.49 Å². The molecule has 0 saturated heterocycles. The largest absolute Gasteiger partial charge is 0.337 e. The zero-order chi connectivity index (χ0) is 6.53. The number of pyridine rings is 1. The Labute approximate surface area is 58.9 Å². The minimum absolute atomic E-state index is 0.785. The minimum atomic E-state index is 0.785. The summed E-state index contributed by atoms with van der Waals surface area (Å²) in [6.07, 6.45) is 1.71. The Morgan fingerprint density at radius 3 is 3.00 bits per heavy atom. The summed E-state index contributed by atoms with van der Waals surface area (Å²) in [4.78, 5) is 3.96. The molecule has 0 fully saturated rings. The maximum absolute atomic E-state index is 4.56. The molecule has 0 aromatic carbocycles. The Kier molecular flexibility index (Phi) is 2.15. The molecular weight excluding hydrogens is 132 g/mol.